The van der Waals surface area contributed by atoms with Crippen molar-refractivity contribution in [2.24, 2.45) is 0 Å². The minimum absolute atomic E-state index is 0.247. The quantitative estimate of drug-likeness (QED) is 0.727. The van der Waals surface area contributed by atoms with E-state index in [2.05, 4.69) is 29.0 Å². The van der Waals surface area contributed by atoms with E-state index in [1.165, 1.54) is 11.8 Å². The summed E-state index contributed by atoms with van der Waals surface area (Å²) in [6, 6.07) is 13.8. The van der Waals surface area contributed by atoms with Gasteiger partial charge in [-0.15, -0.1) is 0 Å². The van der Waals surface area contributed by atoms with Crippen molar-refractivity contribution in [2.75, 3.05) is 0 Å². The lowest BCUT2D eigenvalue weighted by molar-refractivity contribution is 0.0466. The molecule has 4 heteroatoms. The molecule has 1 aromatic heterocycles. The molecule has 0 saturated carbocycles. The number of aryl methyl sites for hydroxylation is 3. The smallest absolute Gasteiger partial charge is 0.356 e. The Morgan fingerprint density at radius 1 is 1.08 bits per heavy atom. The number of nitrogens with one attached hydrogen (secondary N) is 1. The Morgan fingerprint density at radius 2 is 1.75 bits per heavy atom. The van der Waals surface area contributed by atoms with Crippen LogP contribution in [0.5, 0.6) is 0 Å². The van der Waals surface area contributed by atoms with Crippen molar-refractivity contribution in [2.45, 2.75) is 27.4 Å². The van der Waals surface area contributed by atoms with Crippen LogP contribution in [0.25, 0.3) is 11.4 Å². The van der Waals surface area contributed by atoms with E-state index in [0.29, 0.717) is 11.5 Å². The van der Waals surface area contributed by atoms with E-state index in [1.54, 1.807) is 0 Å². The van der Waals surface area contributed by atoms with Gasteiger partial charge >= 0.3 is 5.97 Å². The van der Waals surface area contributed by atoms with Gasteiger partial charge in [0.15, 0.2) is 0 Å². The summed E-state index contributed by atoms with van der Waals surface area (Å²) in [7, 11) is 0. The minimum Gasteiger partial charge on any atom is -0.456 e. The van der Waals surface area contributed by atoms with E-state index in [9.17, 15) is 4.79 Å². The molecule has 4 nitrogen and oxygen atoms in total. The third-order valence-electron chi connectivity index (χ3n) is 3.92. The zero-order valence-electron chi connectivity index (χ0n) is 14.1. The normalized spacial score (nSPS) is 10.6. The van der Waals surface area contributed by atoms with Crippen molar-refractivity contribution < 1.29 is 9.53 Å². The van der Waals surface area contributed by atoms with Crippen LogP contribution in [-0.2, 0) is 11.3 Å². The second-order valence-electron chi connectivity index (χ2n) is 5.98. The van der Waals surface area contributed by atoms with Crippen molar-refractivity contribution in [1.29, 1.82) is 0 Å². The van der Waals surface area contributed by atoms with Crippen LogP contribution >= 0.6 is 0 Å². The van der Waals surface area contributed by atoms with E-state index in [-0.39, 0.29) is 6.61 Å². The highest BCUT2D eigenvalue weighted by molar-refractivity contribution is 5.88. The van der Waals surface area contributed by atoms with Gasteiger partial charge in [0.25, 0.3) is 0 Å². The van der Waals surface area contributed by atoms with Crippen LogP contribution in [0.3, 0.4) is 0 Å². The second-order valence-corrected chi connectivity index (χ2v) is 5.98. The summed E-state index contributed by atoms with van der Waals surface area (Å²) in [5.74, 6) is 0.289. The zero-order chi connectivity index (χ0) is 17.1. The maximum atomic E-state index is 12.2. The van der Waals surface area contributed by atoms with Gasteiger partial charge in [-0.1, -0.05) is 48.0 Å². The van der Waals surface area contributed by atoms with E-state index in [0.717, 1.165) is 22.3 Å². The number of carbonyl (C=O) groups is 1. The Kier molecular flexibility index (Phi) is 4.47. The summed E-state index contributed by atoms with van der Waals surface area (Å²) in [5, 5.41) is 0. The molecule has 3 rings (SSSR count). The van der Waals surface area contributed by atoms with Crippen molar-refractivity contribution in [3.63, 3.8) is 0 Å². The van der Waals surface area contributed by atoms with Gasteiger partial charge in [-0.05, 0) is 37.5 Å². The van der Waals surface area contributed by atoms with Gasteiger partial charge in [-0.2, -0.15) is 0 Å². The SMILES string of the molecule is Cc1cc(C)c(-c2ncc(C(=O)OCc3ccccc3)[nH]2)c(C)c1. The number of aromatic amines is 1. The van der Waals surface area contributed by atoms with Gasteiger partial charge in [-0.3, -0.25) is 0 Å². The van der Waals surface area contributed by atoms with Crippen LogP contribution in [0.1, 0.15) is 32.7 Å². The van der Waals surface area contributed by atoms with Gasteiger partial charge in [0.1, 0.15) is 18.1 Å². The Hall–Kier alpha value is -2.88. The van der Waals surface area contributed by atoms with Gasteiger partial charge in [0.05, 0.1) is 6.20 Å². The van der Waals surface area contributed by atoms with Gasteiger partial charge in [-0.25, -0.2) is 9.78 Å². The van der Waals surface area contributed by atoms with Crippen LogP contribution in [0, 0.1) is 20.8 Å². The lowest BCUT2D eigenvalue weighted by atomic mass is 9.99. The third kappa shape index (κ3) is 3.38. The molecule has 0 bridgehead atoms. The molecule has 1 heterocycles. The van der Waals surface area contributed by atoms with E-state index >= 15 is 0 Å². The maximum absolute atomic E-state index is 12.2. The monoisotopic (exact) mass is 320 g/mol. The van der Waals surface area contributed by atoms with Crippen LogP contribution in [0.4, 0.5) is 0 Å². The molecule has 0 spiro atoms. The van der Waals surface area contributed by atoms with Crippen LogP contribution in [0.15, 0.2) is 48.7 Å². The average Bonchev–Trinajstić information content (AvgIpc) is 3.02. The molecule has 0 saturated heterocycles. The fourth-order valence-corrected chi connectivity index (χ4v) is 2.91. The zero-order valence-corrected chi connectivity index (χ0v) is 14.1. The van der Waals surface area contributed by atoms with Crippen LogP contribution in [0.2, 0.25) is 0 Å². The number of aromatic nitrogens is 2. The van der Waals surface area contributed by atoms with Crippen LogP contribution in [-0.4, -0.2) is 15.9 Å². The molecule has 0 amide bonds. The predicted octanol–water partition coefficient (Wildman–Crippen LogP) is 4.36. The molecule has 0 fully saturated rings. The summed E-state index contributed by atoms with van der Waals surface area (Å²) in [6.07, 6.45) is 1.53. The van der Waals surface area contributed by atoms with E-state index in [4.69, 9.17) is 4.74 Å². The first-order valence-electron chi connectivity index (χ1n) is 7.89. The Morgan fingerprint density at radius 3 is 2.42 bits per heavy atom. The number of hydrogen-bond acceptors (Lipinski definition) is 3. The van der Waals surface area contributed by atoms with Gasteiger partial charge in [0, 0.05) is 5.56 Å². The highest BCUT2D eigenvalue weighted by atomic mass is 16.5. The highest BCUT2D eigenvalue weighted by Gasteiger charge is 2.15. The molecule has 0 unspecified atom stereocenters. The molecule has 0 atom stereocenters. The average molecular weight is 320 g/mol. The molecule has 2 aromatic carbocycles. The van der Waals surface area contributed by atoms with Crippen molar-refractivity contribution in [1.82, 2.24) is 9.97 Å². The number of imidazole rings is 1. The molecule has 24 heavy (non-hydrogen) atoms. The van der Waals surface area contributed by atoms with Gasteiger partial charge in [0.2, 0.25) is 0 Å². The Labute approximate surface area is 141 Å². The third-order valence-corrected chi connectivity index (χ3v) is 3.92. The highest BCUT2D eigenvalue weighted by Crippen LogP contribution is 2.26. The number of carbonyl (C=O) groups excluding carboxylic acids is 1. The Balaban J connectivity index is 1.77. The summed E-state index contributed by atoms with van der Waals surface area (Å²) in [4.78, 5) is 19.6. The minimum atomic E-state index is -0.403. The number of benzene rings is 2. The lowest BCUT2D eigenvalue weighted by Gasteiger charge is -2.08. The van der Waals surface area contributed by atoms with E-state index < -0.39 is 5.97 Å². The second kappa shape index (κ2) is 6.71. The molecule has 122 valence electrons. The molecule has 0 radical (unpaired) electrons. The summed E-state index contributed by atoms with van der Waals surface area (Å²) in [5.41, 5.74) is 5.82. The number of esters is 1. The van der Waals surface area contributed by atoms with Crippen LogP contribution < -0.4 is 0 Å². The predicted molar refractivity (Wildman–Crippen MR) is 93.8 cm³/mol. The number of ether oxygens (including phenoxy) is 1. The molecule has 0 aliphatic rings. The topological polar surface area (TPSA) is 55.0 Å². The Bertz CT molecular complexity index is 843. The van der Waals surface area contributed by atoms with Crippen molar-refractivity contribution >= 4 is 5.97 Å². The first-order valence-corrected chi connectivity index (χ1v) is 7.89. The van der Waals surface area contributed by atoms with E-state index in [1.807, 2.05) is 44.2 Å². The lowest BCUT2D eigenvalue weighted by Crippen LogP contribution is -2.05. The number of H-pyrrole nitrogens is 1. The summed E-state index contributed by atoms with van der Waals surface area (Å²) >= 11 is 0. The fourth-order valence-electron chi connectivity index (χ4n) is 2.91. The van der Waals surface area contributed by atoms with Gasteiger partial charge < -0.3 is 9.72 Å². The molecule has 0 aliphatic heterocycles. The number of hydrogen-bond donors (Lipinski definition) is 1. The molecular formula is C20H20N2O2. The standard InChI is InChI=1S/C20H20N2O2/c1-13-9-14(2)18(15(3)10-13)19-21-11-17(22-19)20(23)24-12-16-7-5-4-6-8-16/h4-11H,12H2,1-3H3,(H,21,22). The number of nitrogens with zero attached hydrogens (tertiary/aromatic N) is 1. The molecular weight excluding hydrogens is 300 g/mol. The van der Waals surface area contributed by atoms with Crippen molar-refractivity contribution in [3.8, 4) is 11.4 Å². The summed E-state index contributed by atoms with van der Waals surface area (Å²) in [6.45, 7) is 6.41. The number of rotatable bonds is 4. The molecule has 3 aromatic rings. The molecule has 1 N–H and O–H groups in total. The fraction of sp³-hybridized carbons (Fsp3) is 0.200. The first-order chi connectivity index (χ1) is 11.5. The first kappa shape index (κ1) is 16.0. The summed E-state index contributed by atoms with van der Waals surface area (Å²) < 4.78 is 5.33. The van der Waals surface area contributed by atoms with Crippen molar-refractivity contribution in [3.05, 3.63) is 76.6 Å². The molecule has 0 aliphatic carbocycles. The largest absolute Gasteiger partial charge is 0.456 e. The maximum Gasteiger partial charge on any atom is 0.356 e.